The van der Waals surface area contributed by atoms with E-state index in [-0.39, 0.29) is 11.0 Å². The van der Waals surface area contributed by atoms with Crippen molar-refractivity contribution in [1.29, 1.82) is 0 Å². The van der Waals surface area contributed by atoms with Crippen molar-refractivity contribution in [2.24, 2.45) is 13.0 Å². The fourth-order valence-electron chi connectivity index (χ4n) is 3.74. The van der Waals surface area contributed by atoms with E-state index < -0.39 is 0 Å². The van der Waals surface area contributed by atoms with Crippen LogP contribution in [0.4, 0.5) is 5.82 Å². The maximum absolute atomic E-state index is 12.3. The van der Waals surface area contributed by atoms with Gasteiger partial charge in [0.05, 0.1) is 11.1 Å². The quantitative estimate of drug-likeness (QED) is 0.691. The number of hydrogen-bond acceptors (Lipinski definition) is 6. The molecule has 0 radical (unpaired) electrons. The van der Waals surface area contributed by atoms with Gasteiger partial charge in [0.25, 0.3) is 5.56 Å². The number of anilines is 1. The summed E-state index contributed by atoms with van der Waals surface area (Å²) < 4.78 is 3.42. The van der Waals surface area contributed by atoms with Crippen LogP contribution in [0.25, 0.3) is 11.0 Å². The first-order chi connectivity index (χ1) is 13.3. The molecule has 0 saturated carbocycles. The molecule has 3 aromatic rings. The third-order valence-corrected chi connectivity index (χ3v) is 5.39. The summed E-state index contributed by atoms with van der Waals surface area (Å²) in [7, 11) is 1.90. The van der Waals surface area contributed by atoms with Crippen molar-refractivity contribution < 1.29 is 0 Å². The third-order valence-electron chi connectivity index (χ3n) is 5.39. The number of nitrogens with zero attached hydrogens (tertiary/aromatic N) is 7. The minimum atomic E-state index is -0.0685. The molecule has 0 aromatic carbocycles. The summed E-state index contributed by atoms with van der Waals surface area (Å²) >= 11 is 0. The van der Waals surface area contributed by atoms with E-state index in [1.165, 1.54) is 0 Å². The zero-order chi connectivity index (χ0) is 19.9. The molecule has 28 heavy (non-hydrogen) atoms. The second kappa shape index (κ2) is 7.00. The second-order valence-electron chi connectivity index (χ2n) is 8.66. The van der Waals surface area contributed by atoms with Crippen molar-refractivity contribution in [3.63, 3.8) is 0 Å². The Hall–Kier alpha value is -2.77. The van der Waals surface area contributed by atoms with Gasteiger partial charge in [-0.1, -0.05) is 20.8 Å². The number of piperidine rings is 1. The van der Waals surface area contributed by atoms with Crippen LogP contribution in [0.2, 0.25) is 0 Å². The van der Waals surface area contributed by atoms with E-state index in [9.17, 15) is 4.79 Å². The Morgan fingerprint density at radius 2 is 1.86 bits per heavy atom. The Morgan fingerprint density at radius 3 is 2.57 bits per heavy atom. The molecule has 8 nitrogen and oxygen atoms in total. The highest BCUT2D eigenvalue weighted by atomic mass is 16.1. The van der Waals surface area contributed by atoms with Crippen molar-refractivity contribution in [1.82, 2.24) is 29.5 Å². The van der Waals surface area contributed by atoms with E-state index in [2.05, 4.69) is 45.8 Å². The van der Waals surface area contributed by atoms with Crippen LogP contribution >= 0.6 is 0 Å². The van der Waals surface area contributed by atoms with E-state index >= 15 is 0 Å². The molecular weight excluding hydrogens is 354 g/mol. The van der Waals surface area contributed by atoms with Crippen molar-refractivity contribution in [2.75, 3.05) is 18.0 Å². The lowest BCUT2D eigenvalue weighted by Gasteiger charge is -2.33. The maximum atomic E-state index is 12.3. The van der Waals surface area contributed by atoms with Gasteiger partial charge in [-0.2, -0.15) is 10.2 Å². The van der Waals surface area contributed by atoms with Crippen LogP contribution in [-0.2, 0) is 19.0 Å². The van der Waals surface area contributed by atoms with E-state index in [4.69, 9.17) is 0 Å². The van der Waals surface area contributed by atoms with Crippen molar-refractivity contribution in [3.8, 4) is 0 Å². The van der Waals surface area contributed by atoms with Crippen LogP contribution < -0.4 is 10.5 Å². The first kappa shape index (κ1) is 18.6. The van der Waals surface area contributed by atoms with Gasteiger partial charge in [-0.05, 0) is 24.8 Å². The van der Waals surface area contributed by atoms with Gasteiger partial charge in [-0.15, -0.1) is 0 Å². The molecule has 0 spiro atoms. The summed E-state index contributed by atoms with van der Waals surface area (Å²) in [6.07, 6.45) is 5.55. The lowest BCUT2D eigenvalue weighted by Crippen LogP contribution is -2.37. The van der Waals surface area contributed by atoms with Crippen LogP contribution in [0.15, 0.2) is 29.5 Å². The molecule has 3 aromatic heterocycles. The number of hydrogen-bond donors (Lipinski definition) is 0. The number of rotatable bonds is 3. The molecule has 0 unspecified atom stereocenters. The summed E-state index contributed by atoms with van der Waals surface area (Å²) in [5, 5.41) is 9.97. The van der Waals surface area contributed by atoms with Gasteiger partial charge in [0.2, 0.25) is 0 Å². The molecule has 0 bridgehead atoms. The Labute approximate surface area is 164 Å². The Kier molecular flexibility index (Phi) is 4.64. The Bertz CT molecular complexity index is 1040. The van der Waals surface area contributed by atoms with Crippen LogP contribution in [0.1, 0.15) is 39.3 Å². The lowest BCUT2D eigenvalue weighted by atomic mass is 9.92. The van der Waals surface area contributed by atoms with Crippen molar-refractivity contribution in [2.45, 2.75) is 45.6 Å². The average molecular weight is 381 g/mol. The molecule has 4 heterocycles. The molecule has 4 rings (SSSR count). The first-order valence-corrected chi connectivity index (χ1v) is 9.79. The van der Waals surface area contributed by atoms with Gasteiger partial charge in [0, 0.05) is 44.4 Å². The summed E-state index contributed by atoms with van der Waals surface area (Å²) in [5.41, 5.74) is 1.58. The molecule has 1 aliphatic heterocycles. The summed E-state index contributed by atoms with van der Waals surface area (Å²) in [5.74, 6) is 1.38. The number of fused-ring (bicyclic) bond motifs is 1. The summed E-state index contributed by atoms with van der Waals surface area (Å²) in [4.78, 5) is 23.3. The Morgan fingerprint density at radius 1 is 1.11 bits per heavy atom. The fraction of sp³-hybridized carbons (Fsp3) is 0.550. The molecule has 0 amide bonds. The van der Waals surface area contributed by atoms with Gasteiger partial charge < -0.3 is 4.90 Å². The van der Waals surface area contributed by atoms with E-state index in [0.717, 1.165) is 48.5 Å². The topological polar surface area (TPSA) is 81.7 Å². The highest BCUT2D eigenvalue weighted by Gasteiger charge is 2.24. The van der Waals surface area contributed by atoms with Gasteiger partial charge in [0.1, 0.15) is 12.1 Å². The first-order valence-electron chi connectivity index (χ1n) is 9.79. The highest BCUT2D eigenvalue weighted by molar-refractivity contribution is 5.86. The minimum Gasteiger partial charge on any atom is -0.356 e. The molecule has 1 aliphatic rings. The second-order valence-corrected chi connectivity index (χ2v) is 8.66. The molecule has 8 heteroatoms. The molecule has 1 saturated heterocycles. The molecule has 148 valence electrons. The largest absolute Gasteiger partial charge is 0.356 e. The van der Waals surface area contributed by atoms with Crippen molar-refractivity contribution >= 4 is 16.9 Å². The van der Waals surface area contributed by atoms with Gasteiger partial charge in [0.15, 0.2) is 5.65 Å². The highest BCUT2D eigenvalue weighted by Crippen LogP contribution is 2.27. The van der Waals surface area contributed by atoms with E-state index in [0.29, 0.717) is 12.5 Å². The van der Waals surface area contributed by atoms with Gasteiger partial charge in [-0.3, -0.25) is 9.48 Å². The van der Waals surface area contributed by atoms with Gasteiger partial charge in [-0.25, -0.2) is 14.6 Å². The monoisotopic (exact) mass is 381 g/mol. The summed E-state index contributed by atoms with van der Waals surface area (Å²) in [6.45, 7) is 8.82. The molecule has 0 aliphatic carbocycles. The van der Waals surface area contributed by atoms with Crippen molar-refractivity contribution in [3.05, 3.63) is 40.7 Å². The van der Waals surface area contributed by atoms with E-state index in [1.54, 1.807) is 21.8 Å². The molecule has 0 atom stereocenters. The fourth-order valence-corrected chi connectivity index (χ4v) is 3.74. The predicted octanol–water partition coefficient (Wildman–Crippen LogP) is 2.13. The lowest BCUT2D eigenvalue weighted by molar-refractivity contribution is 0.330. The summed E-state index contributed by atoms with van der Waals surface area (Å²) in [6, 6.07) is 3.48. The average Bonchev–Trinajstić information content (AvgIpc) is 3.03. The zero-order valence-corrected chi connectivity index (χ0v) is 17.0. The van der Waals surface area contributed by atoms with Gasteiger partial charge >= 0.3 is 0 Å². The number of aryl methyl sites for hydroxylation is 1. The smallest absolute Gasteiger partial charge is 0.266 e. The van der Waals surface area contributed by atoms with E-state index in [1.807, 2.05) is 19.3 Å². The normalized spacial score (nSPS) is 16.1. The standard InChI is InChI=1S/C20H27N7O/c1-20(2,3)16-5-6-17(28)27(23-16)11-14-7-9-26(10-8-14)19-15-12-25(4)24-18(15)21-13-22-19/h5-6,12-14H,7-11H2,1-4H3. The van der Waals surface area contributed by atoms with Crippen LogP contribution in [-0.4, -0.2) is 42.6 Å². The SMILES string of the molecule is Cn1cc2c(N3CCC(Cn4nc(C(C)(C)C)ccc4=O)CC3)ncnc2n1. The third kappa shape index (κ3) is 3.63. The maximum Gasteiger partial charge on any atom is 0.266 e. The molecule has 0 N–H and O–H groups in total. The Balaban J connectivity index is 1.47. The molecule has 1 fully saturated rings. The predicted molar refractivity (Wildman–Crippen MR) is 108 cm³/mol. The zero-order valence-electron chi connectivity index (χ0n) is 17.0. The van der Waals surface area contributed by atoms with Crippen LogP contribution in [0.3, 0.4) is 0 Å². The van der Waals surface area contributed by atoms with Crippen LogP contribution in [0, 0.1) is 5.92 Å². The minimum absolute atomic E-state index is 0.0247. The van der Waals surface area contributed by atoms with Crippen LogP contribution in [0.5, 0.6) is 0 Å². The molecular formula is C20H27N7O. The number of aromatic nitrogens is 6.